The smallest absolute Gasteiger partial charge is 0.0737 e. The lowest BCUT2D eigenvalue weighted by Gasteiger charge is -2.02. The highest BCUT2D eigenvalue weighted by Crippen LogP contribution is 2.29. The summed E-state index contributed by atoms with van der Waals surface area (Å²) in [6.45, 7) is 2.05. The Morgan fingerprint density at radius 2 is 2.15 bits per heavy atom. The van der Waals surface area contributed by atoms with Crippen LogP contribution in [0.15, 0.2) is 28.9 Å². The van der Waals surface area contributed by atoms with Gasteiger partial charge in [0.1, 0.15) is 0 Å². The maximum absolute atomic E-state index is 5.93. The molecule has 13 heavy (non-hydrogen) atoms. The molecule has 1 nitrogen and oxygen atoms in total. The van der Waals surface area contributed by atoms with Crippen molar-refractivity contribution < 1.29 is 0 Å². The van der Waals surface area contributed by atoms with Crippen molar-refractivity contribution >= 4 is 38.4 Å². The van der Waals surface area contributed by atoms with Gasteiger partial charge >= 0.3 is 0 Å². The molecule has 0 saturated heterocycles. The Morgan fingerprint density at radius 1 is 1.38 bits per heavy atom. The molecule has 1 aromatic heterocycles. The van der Waals surface area contributed by atoms with Gasteiger partial charge in [0, 0.05) is 16.1 Å². The summed E-state index contributed by atoms with van der Waals surface area (Å²) in [6, 6.07) is 6.10. The summed E-state index contributed by atoms with van der Waals surface area (Å²) in [5.41, 5.74) is 2.17. The van der Waals surface area contributed by atoms with Gasteiger partial charge in [-0.3, -0.25) is 4.98 Å². The number of rotatable bonds is 0. The lowest BCUT2D eigenvalue weighted by atomic mass is 10.1. The fraction of sp³-hybridized carbons (Fsp3) is 0.100. The minimum Gasteiger partial charge on any atom is -0.255 e. The Morgan fingerprint density at radius 3 is 2.92 bits per heavy atom. The first kappa shape index (κ1) is 8.97. The summed E-state index contributed by atoms with van der Waals surface area (Å²) >= 11 is 9.37. The SMILES string of the molecule is Cc1ccc2ncc(Cl)c(Br)c2c1. The normalized spacial score (nSPS) is 10.7. The number of fused-ring (bicyclic) bond motifs is 1. The van der Waals surface area contributed by atoms with Crippen molar-refractivity contribution in [1.82, 2.24) is 4.98 Å². The lowest BCUT2D eigenvalue weighted by molar-refractivity contribution is 1.38. The van der Waals surface area contributed by atoms with Gasteiger partial charge in [0.15, 0.2) is 0 Å². The van der Waals surface area contributed by atoms with Gasteiger partial charge in [0.05, 0.1) is 10.5 Å². The molecule has 3 heteroatoms. The van der Waals surface area contributed by atoms with Crippen molar-refractivity contribution in [3.05, 3.63) is 39.5 Å². The fourth-order valence-electron chi connectivity index (χ4n) is 1.25. The van der Waals surface area contributed by atoms with Crippen LogP contribution in [0.1, 0.15) is 5.56 Å². The molecule has 0 bridgehead atoms. The minimum absolute atomic E-state index is 0.651. The predicted molar refractivity (Wildman–Crippen MR) is 59.2 cm³/mol. The highest BCUT2D eigenvalue weighted by atomic mass is 79.9. The topological polar surface area (TPSA) is 12.9 Å². The average Bonchev–Trinajstić information content (AvgIpc) is 2.12. The van der Waals surface area contributed by atoms with Crippen LogP contribution in [-0.4, -0.2) is 4.98 Å². The maximum atomic E-state index is 5.93. The van der Waals surface area contributed by atoms with Crippen molar-refractivity contribution in [1.29, 1.82) is 0 Å². The van der Waals surface area contributed by atoms with Gasteiger partial charge in [-0.2, -0.15) is 0 Å². The standard InChI is InChI=1S/C10H7BrClN/c1-6-2-3-9-7(4-6)10(11)8(12)5-13-9/h2-5H,1H3. The molecule has 0 spiro atoms. The highest BCUT2D eigenvalue weighted by Gasteiger charge is 2.03. The number of halogens is 2. The maximum Gasteiger partial charge on any atom is 0.0737 e. The first-order chi connectivity index (χ1) is 6.18. The molecule has 1 aromatic carbocycles. The summed E-state index contributed by atoms with van der Waals surface area (Å²) in [6.07, 6.45) is 1.66. The molecule has 0 amide bonds. The van der Waals surface area contributed by atoms with Gasteiger partial charge in [-0.25, -0.2) is 0 Å². The van der Waals surface area contributed by atoms with Crippen LogP contribution < -0.4 is 0 Å². The molecule has 0 aliphatic heterocycles. The monoisotopic (exact) mass is 255 g/mol. The quantitative estimate of drug-likeness (QED) is 0.695. The summed E-state index contributed by atoms with van der Waals surface area (Å²) < 4.78 is 0.919. The predicted octanol–water partition coefficient (Wildman–Crippen LogP) is 3.96. The van der Waals surface area contributed by atoms with Crippen molar-refractivity contribution in [3.63, 3.8) is 0 Å². The van der Waals surface area contributed by atoms with E-state index in [1.165, 1.54) is 5.56 Å². The first-order valence-corrected chi connectivity index (χ1v) is 5.06. The van der Waals surface area contributed by atoms with Crippen molar-refractivity contribution in [2.24, 2.45) is 0 Å². The zero-order valence-electron chi connectivity index (χ0n) is 7.01. The van der Waals surface area contributed by atoms with E-state index in [9.17, 15) is 0 Å². The average molecular weight is 257 g/mol. The number of benzene rings is 1. The largest absolute Gasteiger partial charge is 0.255 e. The lowest BCUT2D eigenvalue weighted by Crippen LogP contribution is -1.82. The summed E-state index contributed by atoms with van der Waals surface area (Å²) in [5, 5.41) is 1.71. The number of nitrogens with zero attached hydrogens (tertiary/aromatic N) is 1. The Balaban J connectivity index is 2.89. The molecule has 2 rings (SSSR count). The second kappa shape index (κ2) is 3.28. The second-order valence-electron chi connectivity index (χ2n) is 2.94. The molecule has 1 heterocycles. The van der Waals surface area contributed by atoms with Gasteiger partial charge in [0.25, 0.3) is 0 Å². The molecule has 0 aliphatic rings. The van der Waals surface area contributed by atoms with Gasteiger partial charge in [-0.15, -0.1) is 0 Å². The second-order valence-corrected chi connectivity index (χ2v) is 4.14. The minimum atomic E-state index is 0.651. The van der Waals surface area contributed by atoms with E-state index < -0.39 is 0 Å². The van der Waals surface area contributed by atoms with Crippen LogP contribution in [0.5, 0.6) is 0 Å². The van der Waals surface area contributed by atoms with Crippen LogP contribution in [0.4, 0.5) is 0 Å². The fourth-order valence-corrected chi connectivity index (χ4v) is 1.82. The van der Waals surface area contributed by atoms with Crippen molar-refractivity contribution in [2.45, 2.75) is 6.92 Å². The summed E-state index contributed by atoms with van der Waals surface area (Å²) in [7, 11) is 0. The molecule has 0 radical (unpaired) electrons. The molecule has 0 unspecified atom stereocenters. The van der Waals surface area contributed by atoms with E-state index >= 15 is 0 Å². The van der Waals surface area contributed by atoms with Crippen molar-refractivity contribution in [2.75, 3.05) is 0 Å². The van der Waals surface area contributed by atoms with Crippen LogP contribution in [0, 0.1) is 6.92 Å². The molecule has 0 N–H and O–H groups in total. The molecule has 0 aliphatic carbocycles. The number of hydrogen-bond donors (Lipinski definition) is 0. The van der Waals surface area contributed by atoms with Crippen LogP contribution in [0.3, 0.4) is 0 Å². The zero-order valence-corrected chi connectivity index (χ0v) is 9.35. The van der Waals surface area contributed by atoms with Gasteiger partial charge in [-0.05, 0) is 35.0 Å². The third-order valence-electron chi connectivity index (χ3n) is 1.92. The van der Waals surface area contributed by atoms with Crippen molar-refractivity contribution in [3.8, 4) is 0 Å². The third kappa shape index (κ3) is 1.56. The Hall–Kier alpha value is -0.600. The molecular weight excluding hydrogens is 249 g/mol. The van der Waals surface area contributed by atoms with E-state index in [0.29, 0.717) is 5.02 Å². The van der Waals surface area contributed by atoms with E-state index in [4.69, 9.17) is 11.6 Å². The number of aryl methyl sites for hydroxylation is 1. The summed E-state index contributed by atoms with van der Waals surface area (Å²) in [4.78, 5) is 4.22. The van der Waals surface area contributed by atoms with Crippen LogP contribution in [-0.2, 0) is 0 Å². The number of pyridine rings is 1. The van der Waals surface area contributed by atoms with E-state index in [0.717, 1.165) is 15.4 Å². The Kier molecular flexibility index (Phi) is 2.26. The van der Waals surface area contributed by atoms with Crippen LogP contribution in [0.25, 0.3) is 10.9 Å². The van der Waals surface area contributed by atoms with Gasteiger partial charge in [0.2, 0.25) is 0 Å². The Bertz CT molecular complexity index is 462. The van der Waals surface area contributed by atoms with Crippen LogP contribution in [0.2, 0.25) is 5.02 Å². The molecule has 0 saturated carbocycles. The number of aromatic nitrogens is 1. The molecule has 0 atom stereocenters. The molecule has 0 fully saturated rings. The zero-order chi connectivity index (χ0) is 9.42. The number of hydrogen-bond acceptors (Lipinski definition) is 1. The molecule has 66 valence electrons. The third-order valence-corrected chi connectivity index (χ3v) is 3.28. The van der Waals surface area contributed by atoms with Gasteiger partial charge in [-0.1, -0.05) is 23.2 Å². The van der Waals surface area contributed by atoms with E-state index in [1.807, 2.05) is 19.1 Å². The summed E-state index contributed by atoms with van der Waals surface area (Å²) in [5.74, 6) is 0. The van der Waals surface area contributed by atoms with E-state index in [2.05, 4.69) is 27.0 Å². The molecule has 2 aromatic rings. The van der Waals surface area contributed by atoms with Crippen LogP contribution >= 0.6 is 27.5 Å². The van der Waals surface area contributed by atoms with E-state index in [1.54, 1.807) is 6.20 Å². The first-order valence-electron chi connectivity index (χ1n) is 3.89. The highest BCUT2D eigenvalue weighted by molar-refractivity contribution is 9.10. The molecular formula is C10H7BrClN. The Labute approximate surface area is 89.9 Å². The van der Waals surface area contributed by atoms with Gasteiger partial charge < -0.3 is 0 Å². The van der Waals surface area contributed by atoms with E-state index in [-0.39, 0.29) is 0 Å².